The van der Waals surface area contributed by atoms with E-state index in [1.807, 2.05) is 0 Å². The Morgan fingerprint density at radius 3 is 3.00 bits per heavy atom. The van der Waals surface area contributed by atoms with Gasteiger partial charge in [0.1, 0.15) is 0 Å². The third-order valence-corrected chi connectivity index (χ3v) is 3.94. The fraction of sp³-hybridized carbons (Fsp3) is 0.400. The highest BCUT2D eigenvalue weighted by Gasteiger charge is 2.31. The molecule has 2 nitrogen and oxygen atoms in total. The second-order valence-corrected chi connectivity index (χ2v) is 5.01. The summed E-state index contributed by atoms with van der Waals surface area (Å²) in [6, 6.07) is 11.5. The maximum Gasteiger partial charge on any atom is 0.0777 e. The number of hydrogen-bond acceptors (Lipinski definition) is 2. The molecule has 0 aromatic heterocycles. The first-order valence-electron chi connectivity index (χ1n) is 6.19. The lowest BCUT2D eigenvalue weighted by molar-refractivity contribution is 0.251. The van der Waals surface area contributed by atoms with Crippen LogP contribution in [-0.4, -0.2) is 24.5 Å². The Morgan fingerprint density at radius 1 is 1.35 bits per heavy atom. The highest BCUT2D eigenvalue weighted by atomic mass is 15.1. The van der Waals surface area contributed by atoms with E-state index in [1.165, 1.54) is 23.1 Å². The van der Waals surface area contributed by atoms with Gasteiger partial charge in [-0.25, -0.2) is 0 Å². The minimum atomic E-state index is 0.0393. The summed E-state index contributed by atoms with van der Waals surface area (Å²) in [5, 5.41) is 9.13. The minimum absolute atomic E-state index is 0.0393. The van der Waals surface area contributed by atoms with Crippen LogP contribution in [-0.2, 0) is 6.42 Å². The lowest BCUT2D eigenvalue weighted by atomic mass is 9.79. The molecule has 0 amide bonds. The van der Waals surface area contributed by atoms with Crippen LogP contribution in [0.25, 0.3) is 5.57 Å². The Kier molecular flexibility index (Phi) is 2.49. The molecule has 1 aromatic rings. The van der Waals surface area contributed by atoms with Crippen molar-refractivity contribution in [3.63, 3.8) is 0 Å². The van der Waals surface area contributed by atoms with Gasteiger partial charge in [-0.15, -0.1) is 0 Å². The predicted octanol–water partition coefficient (Wildman–Crippen LogP) is 2.47. The maximum atomic E-state index is 9.13. The topological polar surface area (TPSA) is 27.0 Å². The van der Waals surface area contributed by atoms with Crippen molar-refractivity contribution in [3.8, 4) is 6.07 Å². The number of nitriles is 1. The van der Waals surface area contributed by atoms with Crippen LogP contribution in [0, 0.1) is 17.2 Å². The van der Waals surface area contributed by atoms with Gasteiger partial charge in [0.05, 0.1) is 12.0 Å². The first-order valence-corrected chi connectivity index (χ1v) is 6.19. The monoisotopic (exact) mass is 224 g/mol. The van der Waals surface area contributed by atoms with Crippen molar-refractivity contribution in [1.29, 1.82) is 5.26 Å². The summed E-state index contributed by atoms with van der Waals surface area (Å²) in [5.41, 5.74) is 4.16. The molecule has 1 heterocycles. The second kappa shape index (κ2) is 4.01. The van der Waals surface area contributed by atoms with Crippen LogP contribution in [0.15, 0.2) is 30.3 Å². The van der Waals surface area contributed by atoms with E-state index < -0.39 is 0 Å². The highest BCUT2D eigenvalue weighted by Crippen LogP contribution is 2.37. The molecule has 1 aliphatic heterocycles. The van der Waals surface area contributed by atoms with Crippen molar-refractivity contribution < 1.29 is 0 Å². The Bertz CT molecular complexity index is 510. The molecule has 0 fully saturated rings. The Hall–Kier alpha value is -1.59. The number of rotatable bonds is 0. The molecule has 0 radical (unpaired) electrons. The number of benzene rings is 1. The van der Waals surface area contributed by atoms with E-state index in [1.54, 1.807) is 0 Å². The normalized spacial score (nSPS) is 27.6. The predicted molar refractivity (Wildman–Crippen MR) is 68.3 cm³/mol. The van der Waals surface area contributed by atoms with Crippen molar-refractivity contribution in [2.45, 2.75) is 18.9 Å². The van der Waals surface area contributed by atoms with Crippen LogP contribution < -0.4 is 0 Å². The SMILES string of the molecule is CN1CC(C#N)C=C2c3ccccc3CCC21. The van der Waals surface area contributed by atoms with Gasteiger partial charge in [0.25, 0.3) is 0 Å². The zero-order valence-corrected chi connectivity index (χ0v) is 10.1. The molecule has 0 N–H and O–H groups in total. The van der Waals surface area contributed by atoms with Gasteiger partial charge in [-0.05, 0) is 36.6 Å². The van der Waals surface area contributed by atoms with Gasteiger partial charge in [0, 0.05) is 12.6 Å². The highest BCUT2D eigenvalue weighted by molar-refractivity contribution is 5.75. The van der Waals surface area contributed by atoms with Crippen molar-refractivity contribution in [2.24, 2.45) is 5.92 Å². The van der Waals surface area contributed by atoms with Crippen molar-refractivity contribution in [3.05, 3.63) is 41.5 Å². The lowest BCUT2D eigenvalue weighted by Gasteiger charge is -2.39. The van der Waals surface area contributed by atoms with Crippen LogP contribution in [0.1, 0.15) is 17.5 Å². The molecular weight excluding hydrogens is 208 g/mol. The molecule has 0 saturated carbocycles. The van der Waals surface area contributed by atoms with E-state index in [9.17, 15) is 0 Å². The van der Waals surface area contributed by atoms with E-state index in [0.29, 0.717) is 6.04 Å². The van der Waals surface area contributed by atoms with E-state index >= 15 is 0 Å². The smallest absolute Gasteiger partial charge is 0.0777 e. The van der Waals surface area contributed by atoms with Crippen LogP contribution in [0.5, 0.6) is 0 Å². The molecule has 2 heteroatoms. The Labute approximate surface area is 102 Å². The van der Waals surface area contributed by atoms with Crippen molar-refractivity contribution in [2.75, 3.05) is 13.6 Å². The molecule has 0 bridgehead atoms. The Morgan fingerprint density at radius 2 is 2.18 bits per heavy atom. The average Bonchev–Trinajstić information content (AvgIpc) is 2.38. The summed E-state index contributed by atoms with van der Waals surface area (Å²) in [5.74, 6) is 0.0393. The fourth-order valence-corrected chi connectivity index (χ4v) is 3.09. The van der Waals surface area contributed by atoms with E-state index in [4.69, 9.17) is 5.26 Å². The van der Waals surface area contributed by atoms with Crippen LogP contribution in [0.2, 0.25) is 0 Å². The molecule has 86 valence electrons. The Balaban J connectivity index is 2.11. The summed E-state index contributed by atoms with van der Waals surface area (Å²) in [6.45, 7) is 0.868. The molecule has 2 unspecified atom stereocenters. The molecule has 1 aliphatic carbocycles. The van der Waals surface area contributed by atoms with Gasteiger partial charge in [-0.3, -0.25) is 4.90 Å². The van der Waals surface area contributed by atoms with Gasteiger partial charge in [-0.1, -0.05) is 30.3 Å². The van der Waals surface area contributed by atoms with Gasteiger partial charge < -0.3 is 0 Å². The van der Waals surface area contributed by atoms with Gasteiger partial charge >= 0.3 is 0 Å². The molecule has 3 rings (SSSR count). The van der Waals surface area contributed by atoms with Gasteiger partial charge in [0.15, 0.2) is 0 Å². The standard InChI is InChI=1S/C15H16N2/c1-17-10-11(9-16)8-14-13-5-3-2-4-12(13)6-7-15(14)17/h2-5,8,11,15H,6-7,10H2,1H3. The van der Waals surface area contributed by atoms with Gasteiger partial charge in [-0.2, -0.15) is 5.26 Å². The molecule has 2 atom stereocenters. The number of hydrogen-bond donors (Lipinski definition) is 0. The average molecular weight is 224 g/mol. The van der Waals surface area contributed by atoms with E-state index in [-0.39, 0.29) is 5.92 Å². The zero-order chi connectivity index (χ0) is 11.8. The zero-order valence-electron chi connectivity index (χ0n) is 10.1. The fourth-order valence-electron chi connectivity index (χ4n) is 3.09. The summed E-state index contributed by atoms with van der Waals surface area (Å²) in [4.78, 5) is 2.33. The van der Waals surface area contributed by atoms with Gasteiger partial charge in [0.2, 0.25) is 0 Å². The molecule has 17 heavy (non-hydrogen) atoms. The number of likely N-dealkylation sites (N-methyl/N-ethyl adjacent to an activating group) is 1. The summed E-state index contributed by atoms with van der Waals surface area (Å²) >= 11 is 0. The quantitative estimate of drug-likeness (QED) is 0.677. The van der Waals surface area contributed by atoms with Crippen LogP contribution >= 0.6 is 0 Å². The first kappa shape index (κ1) is 10.6. The van der Waals surface area contributed by atoms with E-state index in [0.717, 1.165) is 13.0 Å². The van der Waals surface area contributed by atoms with E-state index in [2.05, 4.69) is 48.4 Å². The molecule has 0 saturated heterocycles. The summed E-state index contributed by atoms with van der Waals surface area (Å²) < 4.78 is 0. The van der Waals surface area contributed by atoms with Crippen LogP contribution in [0.4, 0.5) is 0 Å². The molecule has 2 aliphatic rings. The molecular formula is C15H16N2. The van der Waals surface area contributed by atoms with Crippen molar-refractivity contribution in [1.82, 2.24) is 4.90 Å². The third kappa shape index (κ3) is 1.67. The summed E-state index contributed by atoms with van der Waals surface area (Å²) in [6.07, 6.45) is 4.51. The minimum Gasteiger partial charge on any atom is -0.298 e. The third-order valence-electron chi connectivity index (χ3n) is 3.94. The maximum absolute atomic E-state index is 9.13. The molecule has 1 aromatic carbocycles. The molecule has 0 spiro atoms. The summed E-state index contributed by atoms with van der Waals surface area (Å²) in [7, 11) is 2.13. The first-order chi connectivity index (χ1) is 8.29. The van der Waals surface area contributed by atoms with Crippen LogP contribution in [0.3, 0.4) is 0 Å². The lowest BCUT2D eigenvalue weighted by Crippen LogP contribution is -2.41. The van der Waals surface area contributed by atoms with Crippen molar-refractivity contribution >= 4 is 5.57 Å². The second-order valence-electron chi connectivity index (χ2n) is 5.01. The number of aryl methyl sites for hydroxylation is 1. The number of fused-ring (bicyclic) bond motifs is 3. The number of nitrogens with zero attached hydrogens (tertiary/aromatic N) is 2. The largest absolute Gasteiger partial charge is 0.298 e.